The molecule has 0 bridgehead atoms. The van der Waals surface area contributed by atoms with Gasteiger partial charge in [-0.2, -0.15) is 0 Å². The van der Waals surface area contributed by atoms with Crippen molar-refractivity contribution in [2.24, 2.45) is 0 Å². The van der Waals surface area contributed by atoms with Crippen molar-refractivity contribution in [3.8, 4) is 0 Å². The molecule has 0 saturated carbocycles. The minimum Gasteiger partial charge on any atom is -0.377 e. The van der Waals surface area contributed by atoms with Gasteiger partial charge in [0, 0.05) is 6.61 Å². The molecule has 0 radical (unpaired) electrons. The third-order valence-corrected chi connectivity index (χ3v) is 2.94. The van der Waals surface area contributed by atoms with E-state index in [1.165, 1.54) is 12.5 Å². The van der Waals surface area contributed by atoms with Crippen LogP contribution in [0.5, 0.6) is 0 Å². The molecule has 80 valence electrons. The van der Waals surface area contributed by atoms with Crippen LogP contribution in [-0.2, 0) is 9.53 Å². The maximum absolute atomic E-state index is 10.0. The molecular formula is C11H17ClO2. The topological polar surface area (TPSA) is 26.3 Å². The van der Waals surface area contributed by atoms with Crippen LogP contribution >= 0.6 is 11.6 Å². The van der Waals surface area contributed by atoms with Crippen LogP contribution in [0.3, 0.4) is 0 Å². The number of hydrogen-bond donors (Lipinski definition) is 0. The predicted octanol–water partition coefficient (Wildman–Crippen LogP) is 2.70. The fourth-order valence-corrected chi connectivity index (χ4v) is 1.97. The SMILES string of the molecule is O=C/C=C\CCC(Cl)C1CCCCO1. The van der Waals surface area contributed by atoms with E-state index in [1.54, 1.807) is 0 Å². The summed E-state index contributed by atoms with van der Waals surface area (Å²) in [5, 5.41) is 0.0894. The number of ether oxygens (including phenoxy) is 1. The normalized spacial score (nSPS) is 25.1. The van der Waals surface area contributed by atoms with E-state index in [0.29, 0.717) is 0 Å². The van der Waals surface area contributed by atoms with Crippen molar-refractivity contribution < 1.29 is 9.53 Å². The fraction of sp³-hybridized carbons (Fsp3) is 0.727. The van der Waals surface area contributed by atoms with Gasteiger partial charge in [-0.05, 0) is 38.2 Å². The summed E-state index contributed by atoms with van der Waals surface area (Å²) in [6.07, 6.45) is 9.57. The summed E-state index contributed by atoms with van der Waals surface area (Å²) < 4.78 is 5.57. The van der Waals surface area contributed by atoms with Crippen LogP contribution < -0.4 is 0 Å². The lowest BCUT2D eigenvalue weighted by molar-refractivity contribution is -0.104. The molecule has 1 rings (SSSR count). The van der Waals surface area contributed by atoms with Crippen molar-refractivity contribution in [3.63, 3.8) is 0 Å². The van der Waals surface area contributed by atoms with E-state index in [4.69, 9.17) is 16.3 Å². The van der Waals surface area contributed by atoms with Gasteiger partial charge in [-0.3, -0.25) is 4.79 Å². The van der Waals surface area contributed by atoms with Crippen molar-refractivity contribution >= 4 is 17.9 Å². The molecule has 1 fully saturated rings. The minimum atomic E-state index is 0.0894. The van der Waals surface area contributed by atoms with Gasteiger partial charge >= 0.3 is 0 Å². The highest BCUT2D eigenvalue weighted by Crippen LogP contribution is 2.22. The van der Waals surface area contributed by atoms with Crippen LogP contribution in [-0.4, -0.2) is 24.4 Å². The number of halogens is 1. The number of aldehydes is 1. The quantitative estimate of drug-likeness (QED) is 0.401. The zero-order valence-electron chi connectivity index (χ0n) is 8.32. The summed E-state index contributed by atoms with van der Waals surface area (Å²) >= 11 is 6.19. The van der Waals surface area contributed by atoms with Crippen LogP contribution in [0, 0.1) is 0 Å². The minimum absolute atomic E-state index is 0.0894. The van der Waals surface area contributed by atoms with E-state index in [9.17, 15) is 4.79 Å². The highest BCUT2D eigenvalue weighted by molar-refractivity contribution is 6.21. The molecule has 1 saturated heterocycles. The molecule has 0 aromatic rings. The second-order valence-corrected chi connectivity index (χ2v) is 4.12. The number of allylic oxidation sites excluding steroid dienone is 2. The molecule has 0 N–H and O–H groups in total. The Balaban J connectivity index is 2.15. The number of carbonyl (C=O) groups excluding carboxylic acids is 1. The number of hydrogen-bond acceptors (Lipinski definition) is 2. The Morgan fingerprint density at radius 3 is 3.00 bits per heavy atom. The zero-order chi connectivity index (χ0) is 10.2. The Bertz CT molecular complexity index is 186. The molecule has 14 heavy (non-hydrogen) atoms. The average Bonchev–Trinajstić information content (AvgIpc) is 2.25. The summed E-state index contributed by atoms with van der Waals surface area (Å²) in [5.74, 6) is 0. The first kappa shape index (κ1) is 11.7. The van der Waals surface area contributed by atoms with E-state index in [2.05, 4.69) is 0 Å². The third-order valence-electron chi connectivity index (χ3n) is 2.44. The Labute approximate surface area is 90.3 Å². The van der Waals surface area contributed by atoms with Crippen molar-refractivity contribution in [1.82, 2.24) is 0 Å². The molecule has 0 aromatic heterocycles. The third kappa shape index (κ3) is 4.25. The van der Waals surface area contributed by atoms with Gasteiger partial charge in [0.05, 0.1) is 11.5 Å². The Kier molecular flexibility index (Phi) is 5.88. The van der Waals surface area contributed by atoms with E-state index < -0.39 is 0 Å². The molecule has 1 aliphatic rings. The summed E-state index contributed by atoms with van der Waals surface area (Å²) in [7, 11) is 0. The van der Waals surface area contributed by atoms with Crippen LogP contribution in [0.15, 0.2) is 12.2 Å². The van der Waals surface area contributed by atoms with Gasteiger partial charge in [0.25, 0.3) is 0 Å². The molecular weight excluding hydrogens is 200 g/mol. The standard InChI is InChI=1S/C11H17ClO2/c12-10(6-2-1-4-8-13)11-7-3-5-9-14-11/h1,4,8,10-11H,2-3,5-7,9H2/b4-1-. The molecule has 0 aromatic carbocycles. The first-order chi connectivity index (χ1) is 6.84. The van der Waals surface area contributed by atoms with E-state index >= 15 is 0 Å². The van der Waals surface area contributed by atoms with Gasteiger partial charge in [-0.15, -0.1) is 11.6 Å². The van der Waals surface area contributed by atoms with Gasteiger partial charge < -0.3 is 4.74 Å². The van der Waals surface area contributed by atoms with Crippen molar-refractivity contribution in [1.29, 1.82) is 0 Å². The summed E-state index contributed by atoms with van der Waals surface area (Å²) in [4.78, 5) is 10.0. The second kappa shape index (κ2) is 7.02. The second-order valence-electron chi connectivity index (χ2n) is 3.56. The maximum Gasteiger partial charge on any atom is 0.142 e. The lowest BCUT2D eigenvalue weighted by atomic mass is 10.0. The first-order valence-corrected chi connectivity index (χ1v) is 5.64. The summed E-state index contributed by atoms with van der Waals surface area (Å²) in [6, 6.07) is 0. The van der Waals surface area contributed by atoms with Crippen LogP contribution in [0.2, 0.25) is 0 Å². The molecule has 0 spiro atoms. The molecule has 2 atom stereocenters. The number of carbonyl (C=O) groups is 1. The molecule has 1 heterocycles. The Morgan fingerprint density at radius 2 is 2.36 bits per heavy atom. The maximum atomic E-state index is 10.0. The van der Waals surface area contributed by atoms with Gasteiger partial charge in [-0.25, -0.2) is 0 Å². The fourth-order valence-electron chi connectivity index (χ4n) is 1.64. The smallest absolute Gasteiger partial charge is 0.142 e. The van der Waals surface area contributed by atoms with Gasteiger partial charge in [-0.1, -0.05) is 6.08 Å². The number of rotatable bonds is 5. The summed E-state index contributed by atoms with van der Waals surface area (Å²) in [6.45, 7) is 0.845. The van der Waals surface area contributed by atoms with Crippen molar-refractivity contribution in [2.75, 3.05) is 6.61 Å². The molecule has 3 heteroatoms. The monoisotopic (exact) mass is 216 g/mol. The predicted molar refractivity (Wildman–Crippen MR) is 57.7 cm³/mol. The molecule has 0 aliphatic carbocycles. The van der Waals surface area contributed by atoms with Crippen LogP contribution in [0.4, 0.5) is 0 Å². The lowest BCUT2D eigenvalue weighted by Crippen LogP contribution is -2.28. The molecule has 0 amide bonds. The van der Waals surface area contributed by atoms with Gasteiger partial charge in [0.1, 0.15) is 6.29 Å². The van der Waals surface area contributed by atoms with Gasteiger partial charge in [0.2, 0.25) is 0 Å². The van der Waals surface area contributed by atoms with Crippen molar-refractivity contribution in [2.45, 2.75) is 43.6 Å². The van der Waals surface area contributed by atoms with E-state index in [-0.39, 0.29) is 11.5 Å². The Hall–Kier alpha value is -0.340. The van der Waals surface area contributed by atoms with Crippen LogP contribution in [0.25, 0.3) is 0 Å². The average molecular weight is 217 g/mol. The van der Waals surface area contributed by atoms with Gasteiger partial charge in [0.15, 0.2) is 0 Å². The highest BCUT2D eigenvalue weighted by atomic mass is 35.5. The molecule has 2 nitrogen and oxygen atoms in total. The zero-order valence-corrected chi connectivity index (χ0v) is 9.08. The molecule has 1 aliphatic heterocycles. The largest absolute Gasteiger partial charge is 0.377 e. The van der Waals surface area contributed by atoms with Crippen LogP contribution in [0.1, 0.15) is 32.1 Å². The summed E-state index contributed by atoms with van der Waals surface area (Å²) in [5.41, 5.74) is 0. The Morgan fingerprint density at radius 1 is 1.50 bits per heavy atom. The number of alkyl halides is 1. The van der Waals surface area contributed by atoms with Crippen molar-refractivity contribution in [3.05, 3.63) is 12.2 Å². The van der Waals surface area contributed by atoms with E-state index in [1.807, 2.05) is 6.08 Å². The molecule has 2 unspecified atom stereocenters. The highest BCUT2D eigenvalue weighted by Gasteiger charge is 2.21. The lowest BCUT2D eigenvalue weighted by Gasteiger charge is -2.26. The van der Waals surface area contributed by atoms with E-state index in [0.717, 1.165) is 38.6 Å². The first-order valence-electron chi connectivity index (χ1n) is 5.20.